The van der Waals surface area contributed by atoms with E-state index >= 15 is 0 Å². The summed E-state index contributed by atoms with van der Waals surface area (Å²) in [6.45, 7) is 1.46. The predicted octanol–water partition coefficient (Wildman–Crippen LogP) is 3.26. The summed E-state index contributed by atoms with van der Waals surface area (Å²) in [4.78, 5) is 36.7. The predicted molar refractivity (Wildman–Crippen MR) is 101 cm³/mol. The molecule has 1 aromatic carbocycles. The number of thioether (sulfide) groups is 1. The fourth-order valence-electron chi connectivity index (χ4n) is 2.76. The Labute approximate surface area is 158 Å². The van der Waals surface area contributed by atoms with Crippen LogP contribution in [-0.4, -0.2) is 35.8 Å². The quantitative estimate of drug-likeness (QED) is 0.562. The Balaban J connectivity index is 1.63. The molecule has 0 saturated heterocycles. The molecule has 1 fully saturated rings. The Hall–Kier alpha value is -2.02. The minimum Gasteiger partial charge on any atom is -0.453 e. The van der Waals surface area contributed by atoms with Crippen molar-refractivity contribution in [1.82, 2.24) is 10.6 Å². The number of nitrogens with one attached hydrogen (secondary N) is 2. The molecule has 0 spiro atoms. The molecule has 3 amide bonds. The minimum atomic E-state index is -0.999. The molecule has 1 aromatic rings. The van der Waals surface area contributed by atoms with Gasteiger partial charge in [0, 0.05) is 16.7 Å². The van der Waals surface area contributed by atoms with Crippen LogP contribution in [0.4, 0.5) is 4.79 Å². The zero-order chi connectivity index (χ0) is 18.8. The molecule has 1 aliphatic carbocycles. The van der Waals surface area contributed by atoms with Crippen molar-refractivity contribution in [3.63, 3.8) is 0 Å². The van der Waals surface area contributed by atoms with E-state index in [2.05, 4.69) is 10.6 Å². The molecule has 6 nitrogen and oxygen atoms in total. The first-order chi connectivity index (χ1) is 12.5. The lowest BCUT2D eigenvalue weighted by Crippen LogP contribution is -2.48. The van der Waals surface area contributed by atoms with E-state index < -0.39 is 24.0 Å². The van der Waals surface area contributed by atoms with E-state index in [-0.39, 0.29) is 12.5 Å². The summed E-state index contributed by atoms with van der Waals surface area (Å²) < 4.78 is 5.10. The van der Waals surface area contributed by atoms with Gasteiger partial charge in [0.15, 0.2) is 6.10 Å². The first-order valence-corrected chi connectivity index (χ1v) is 10.0. The fraction of sp³-hybridized carbons (Fsp3) is 0.526. The molecule has 2 rings (SSSR count). The Morgan fingerprint density at radius 3 is 2.54 bits per heavy atom. The molecule has 1 saturated carbocycles. The molecule has 0 aromatic heterocycles. The molecule has 1 aliphatic rings. The number of hydrogen-bond donors (Lipinski definition) is 2. The third-order valence-corrected chi connectivity index (χ3v) is 5.19. The van der Waals surface area contributed by atoms with Gasteiger partial charge >= 0.3 is 12.0 Å². The van der Waals surface area contributed by atoms with Gasteiger partial charge in [-0.05, 0) is 31.9 Å². The summed E-state index contributed by atoms with van der Waals surface area (Å²) in [5, 5.41) is 5.04. The van der Waals surface area contributed by atoms with Crippen LogP contribution >= 0.6 is 11.8 Å². The van der Waals surface area contributed by atoms with Gasteiger partial charge in [-0.1, -0.05) is 37.5 Å². The van der Waals surface area contributed by atoms with E-state index in [1.54, 1.807) is 11.8 Å². The summed E-state index contributed by atoms with van der Waals surface area (Å²) in [5.74, 6) is -0.495. The second kappa shape index (κ2) is 10.9. The van der Waals surface area contributed by atoms with Crippen molar-refractivity contribution in [2.24, 2.45) is 0 Å². The summed E-state index contributed by atoms with van der Waals surface area (Å²) in [7, 11) is 0. The van der Waals surface area contributed by atoms with E-state index in [0.29, 0.717) is 5.75 Å². The Kier molecular flexibility index (Phi) is 8.47. The van der Waals surface area contributed by atoms with Gasteiger partial charge < -0.3 is 10.1 Å². The van der Waals surface area contributed by atoms with Crippen molar-refractivity contribution in [2.75, 3.05) is 5.75 Å². The van der Waals surface area contributed by atoms with Gasteiger partial charge in [-0.3, -0.25) is 14.9 Å². The van der Waals surface area contributed by atoms with Gasteiger partial charge in [0.05, 0.1) is 6.42 Å². The van der Waals surface area contributed by atoms with Crippen molar-refractivity contribution < 1.29 is 19.1 Å². The number of carbonyl (C=O) groups is 3. The molecule has 0 bridgehead atoms. The largest absolute Gasteiger partial charge is 0.453 e. The average molecular weight is 378 g/mol. The van der Waals surface area contributed by atoms with Gasteiger partial charge in [0.25, 0.3) is 5.91 Å². The molecule has 0 unspecified atom stereocenters. The van der Waals surface area contributed by atoms with E-state index in [0.717, 1.165) is 30.6 Å². The normalized spacial score (nSPS) is 15.7. The van der Waals surface area contributed by atoms with E-state index in [4.69, 9.17) is 4.74 Å². The maximum atomic E-state index is 12.0. The van der Waals surface area contributed by atoms with Crippen LogP contribution in [0, 0.1) is 0 Å². The smallest absolute Gasteiger partial charge is 0.321 e. The van der Waals surface area contributed by atoms with E-state index in [1.807, 2.05) is 30.3 Å². The van der Waals surface area contributed by atoms with Crippen LogP contribution in [0.25, 0.3) is 0 Å². The first kappa shape index (κ1) is 20.3. The molecule has 1 atom stereocenters. The lowest BCUT2D eigenvalue weighted by molar-refractivity contribution is -0.154. The molecule has 7 heteroatoms. The number of urea groups is 1. The highest BCUT2D eigenvalue weighted by molar-refractivity contribution is 7.99. The summed E-state index contributed by atoms with van der Waals surface area (Å²) in [6.07, 6.45) is 4.44. The molecular formula is C19H26N2O4S. The lowest BCUT2D eigenvalue weighted by atomic mass is 9.96. The zero-order valence-corrected chi connectivity index (χ0v) is 15.8. The Morgan fingerprint density at radius 2 is 1.85 bits per heavy atom. The summed E-state index contributed by atoms with van der Waals surface area (Å²) in [6, 6.07) is 9.34. The van der Waals surface area contributed by atoms with Crippen molar-refractivity contribution in [3.05, 3.63) is 30.3 Å². The van der Waals surface area contributed by atoms with Gasteiger partial charge in [0.1, 0.15) is 0 Å². The van der Waals surface area contributed by atoms with E-state index in [1.165, 1.54) is 13.3 Å². The van der Waals surface area contributed by atoms with Gasteiger partial charge in [-0.2, -0.15) is 0 Å². The summed E-state index contributed by atoms with van der Waals surface area (Å²) >= 11 is 1.55. The van der Waals surface area contributed by atoms with Crippen LogP contribution < -0.4 is 10.6 Å². The molecular weight excluding hydrogens is 352 g/mol. The van der Waals surface area contributed by atoms with Gasteiger partial charge in [0.2, 0.25) is 0 Å². The topological polar surface area (TPSA) is 84.5 Å². The number of hydrogen-bond acceptors (Lipinski definition) is 5. The lowest BCUT2D eigenvalue weighted by Gasteiger charge is -2.23. The molecule has 0 heterocycles. The van der Waals surface area contributed by atoms with Crippen LogP contribution in [0.3, 0.4) is 0 Å². The van der Waals surface area contributed by atoms with Gasteiger partial charge in [-0.25, -0.2) is 4.79 Å². The molecule has 26 heavy (non-hydrogen) atoms. The maximum Gasteiger partial charge on any atom is 0.321 e. The highest BCUT2D eigenvalue weighted by Gasteiger charge is 2.22. The molecule has 0 radical (unpaired) electrons. The zero-order valence-electron chi connectivity index (χ0n) is 15.0. The number of esters is 1. The number of imide groups is 1. The highest BCUT2D eigenvalue weighted by atomic mass is 32.2. The van der Waals surface area contributed by atoms with Crippen molar-refractivity contribution in [3.8, 4) is 0 Å². The maximum absolute atomic E-state index is 12.0. The van der Waals surface area contributed by atoms with Crippen molar-refractivity contribution in [2.45, 2.75) is 62.5 Å². The Bertz CT molecular complexity index is 603. The molecule has 142 valence electrons. The highest BCUT2D eigenvalue weighted by Crippen LogP contribution is 2.18. The monoisotopic (exact) mass is 378 g/mol. The van der Waals surface area contributed by atoms with Crippen LogP contribution in [-0.2, 0) is 14.3 Å². The van der Waals surface area contributed by atoms with Crippen LogP contribution in [0.1, 0.15) is 45.4 Å². The second-order valence-electron chi connectivity index (χ2n) is 6.34. The van der Waals surface area contributed by atoms with Crippen LogP contribution in [0.5, 0.6) is 0 Å². The number of ether oxygens (including phenoxy) is 1. The summed E-state index contributed by atoms with van der Waals surface area (Å²) in [5.41, 5.74) is 0. The number of carbonyl (C=O) groups excluding carboxylic acids is 3. The average Bonchev–Trinajstić information content (AvgIpc) is 2.63. The van der Waals surface area contributed by atoms with Crippen LogP contribution in [0.2, 0.25) is 0 Å². The van der Waals surface area contributed by atoms with Crippen molar-refractivity contribution >= 4 is 29.7 Å². The number of amides is 3. The van der Waals surface area contributed by atoms with E-state index in [9.17, 15) is 14.4 Å². The van der Waals surface area contributed by atoms with Gasteiger partial charge in [-0.15, -0.1) is 11.8 Å². The standard InChI is InChI=1S/C19H26N2O4S/c1-14(18(23)21-19(24)20-15-8-4-2-5-9-15)25-17(22)12-13-26-16-10-6-3-7-11-16/h3,6-7,10-11,14-15H,2,4-5,8-9,12-13H2,1H3,(H2,20,21,23,24)/t14-/m0/s1. The number of rotatable bonds is 7. The third-order valence-electron chi connectivity index (χ3n) is 4.17. The minimum absolute atomic E-state index is 0.115. The Morgan fingerprint density at radius 1 is 1.15 bits per heavy atom. The number of benzene rings is 1. The SMILES string of the molecule is C[C@H](OC(=O)CCSc1ccccc1)C(=O)NC(=O)NC1CCCCC1. The third kappa shape index (κ3) is 7.47. The molecule has 0 aliphatic heterocycles. The first-order valence-electron chi connectivity index (χ1n) is 9.03. The fourth-order valence-corrected chi connectivity index (χ4v) is 3.61. The second-order valence-corrected chi connectivity index (χ2v) is 7.51. The van der Waals surface area contributed by atoms with Crippen molar-refractivity contribution in [1.29, 1.82) is 0 Å². The molecule has 2 N–H and O–H groups in total. The van der Waals surface area contributed by atoms with Crippen LogP contribution in [0.15, 0.2) is 35.2 Å².